The fourth-order valence-corrected chi connectivity index (χ4v) is 3.61. The summed E-state index contributed by atoms with van der Waals surface area (Å²) in [6, 6.07) is 0. The third kappa shape index (κ3) is 0.581. The normalized spacial score (nSPS) is 52.4. The Morgan fingerprint density at radius 3 is 2.18 bits per heavy atom. The van der Waals surface area contributed by atoms with Crippen molar-refractivity contribution in [2.24, 2.45) is 22.7 Å². The summed E-state index contributed by atoms with van der Waals surface area (Å²) < 4.78 is 0. The minimum atomic E-state index is 0.407. The molecule has 0 spiro atoms. The van der Waals surface area contributed by atoms with E-state index in [1.54, 1.807) is 0 Å². The molecule has 3 aliphatic carbocycles. The van der Waals surface area contributed by atoms with E-state index < -0.39 is 0 Å². The van der Waals surface area contributed by atoms with Crippen molar-refractivity contribution < 1.29 is 5.11 Å². The number of hydrogen-bond donors (Lipinski definition) is 1. The van der Waals surface area contributed by atoms with Gasteiger partial charge in [0, 0.05) is 6.61 Å². The molecule has 0 radical (unpaired) electrons. The molecule has 3 atom stereocenters. The van der Waals surface area contributed by atoms with E-state index in [4.69, 9.17) is 5.11 Å². The molecule has 3 saturated carbocycles. The van der Waals surface area contributed by atoms with E-state index in [1.165, 1.54) is 12.8 Å². The summed E-state index contributed by atoms with van der Waals surface area (Å²) in [5.74, 6) is 1.41. The Balaban J connectivity index is 2.28. The lowest BCUT2D eigenvalue weighted by Crippen LogP contribution is -2.56. The maximum Gasteiger partial charge on any atom is 0.0467 e. The molecule has 0 aromatic heterocycles. The van der Waals surface area contributed by atoms with Crippen LogP contribution in [0.3, 0.4) is 0 Å². The van der Waals surface area contributed by atoms with Gasteiger partial charge in [-0.15, -0.1) is 0 Å². The highest BCUT2D eigenvalue weighted by atomic mass is 16.3. The highest BCUT2D eigenvalue weighted by Gasteiger charge is 2.67. The average Bonchev–Trinajstić information content (AvgIpc) is 2.38. The quantitative estimate of drug-likeness (QED) is 0.613. The van der Waals surface area contributed by atoms with Crippen LogP contribution in [0.5, 0.6) is 0 Å². The molecular formula is C10H18O. The number of fused-ring (bicyclic) bond motifs is 1. The van der Waals surface area contributed by atoms with Crippen LogP contribution >= 0.6 is 0 Å². The summed E-state index contributed by atoms with van der Waals surface area (Å²) >= 11 is 0. The van der Waals surface area contributed by atoms with Crippen molar-refractivity contribution in [3.63, 3.8) is 0 Å². The summed E-state index contributed by atoms with van der Waals surface area (Å²) in [6.07, 6.45) is 2.67. The van der Waals surface area contributed by atoms with Gasteiger partial charge in [-0.2, -0.15) is 0 Å². The van der Waals surface area contributed by atoms with Crippen LogP contribution in [0.1, 0.15) is 33.6 Å². The van der Waals surface area contributed by atoms with E-state index in [9.17, 15) is 0 Å². The lowest BCUT2D eigenvalue weighted by Gasteiger charge is -2.59. The van der Waals surface area contributed by atoms with Gasteiger partial charge in [0.05, 0.1) is 0 Å². The first-order valence-corrected chi connectivity index (χ1v) is 4.65. The van der Waals surface area contributed by atoms with Gasteiger partial charge in [0.15, 0.2) is 0 Å². The molecule has 0 heterocycles. The van der Waals surface area contributed by atoms with Crippen LogP contribution in [0, 0.1) is 22.7 Å². The summed E-state index contributed by atoms with van der Waals surface area (Å²) in [5.41, 5.74) is 0.951. The van der Waals surface area contributed by atoms with Gasteiger partial charge in [0.25, 0.3) is 0 Å². The molecule has 1 N–H and O–H groups in total. The van der Waals surface area contributed by atoms with Crippen LogP contribution in [0.2, 0.25) is 0 Å². The third-order valence-electron chi connectivity index (χ3n) is 4.87. The van der Waals surface area contributed by atoms with E-state index in [1.807, 2.05) is 0 Å². The van der Waals surface area contributed by atoms with Crippen molar-refractivity contribution in [1.29, 1.82) is 0 Å². The molecule has 0 aromatic carbocycles. The lowest BCUT2D eigenvalue weighted by atomic mass is 9.45. The summed E-state index contributed by atoms with van der Waals surface area (Å²) in [6.45, 7) is 7.47. The van der Waals surface area contributed by atoms with E-state index in [0.29, 0.717) is 23.4 Å². The standard InChI is InChI=1S/C10H18O/c1-9(2)7-4-5-10(9,3)8(7)6-11/h7-8,11H,4-6H2,1-3H3. The van der Waals surface area contributed by atoms with Gasteiger partial charge >= 0.3 is 0 Å². The highest BCUT2D eigenvalue weighted by Crippen LogP contribution is 2.73. The molecule has 0 aromatic rings. The van der Waals surface area contributed by atoms with Gasteiger partial charge in [-0.3, -0.25) is 0 Å². The van der Waals surface area contributed by atoms with Gasteiger partial charge in [-0.1, -0.05) is 20.8 Å². The van der Waals surface area contributed by atoms with Crippen molar-refractivity contribution in [3.05, 3.63) is 0 Å². The predicted molar refractivity (Wildman–Crippen MR) is 45.2 cm³/mol. The first-order valence-electron chi connectivity index (χ1n) is 4.65. The summed E-state index contributed by atoms with van der Waals surface area (Å²) in [5, 5.41) is 9.16. The van der Waals surface area contributed by atoms with Crippen molar-refractivity contribution in [1.82, 2.24) is 0 Å². The number of aliphatic hydroxyl groups excluding tert-OH is 1. The van der Waals surface area contributed by atoms with E-state index in [0.717, 1.165) is 5.92 Å². The van der Waals surface area contributed by atoms with E-state index in [-0.39, 0.29) is 0 Å². The molecule has 11 heavy (non-hydrogen) atoms. The second kappa shape index (κ2) is 1.82. The number of aliphatic hydroxyl groups is 1. The first-order chi connectivity index (χ1) is 5.04. The summed E-state index contributed by atoms with van der Waals surface area (Å²) in [7, 11) is 0. The number of hydrogen-bond acceptors (Lipinski definition) is 1. The molecule has 3 unspecified atom stereocenters. The van der Waals surface area contributed by atoms with E-state index in [2.05, 4.69) is 20.8 Å². The molecule has 0 saturated heterocycles. The van der Waals surface area contributed by atoms with Gasteiger partial charge < -0.3 is 5.11 Å². The SMILES string of the molecule is CC1(C)C2CCC1(C)C2CO. The molecule has 0 aliphatic heterocycles. The Morgan fingerprint density at radius 2 is 2.00 bits per heavy atom. The Kier molecular flexibility index (Phi) is 1.26. The molecule has 0 amide bonds. The van der Waals surface area contributed by atoms with Crippen LogP contribution in [0.25, 0.3) is 0 Å². The van der Waals surface area contributed by atoms with Gasteiger partial charge in [0.1, 0.15) is 0 Å². The Hall–Kier alpha value is -0.0400. The Bertz CT molecular complexity index is 185. The summed E-state index contributed by atoms with van der Waals surface area (Å²) in [4.78, 5) is 0. The van der Waals surface area contributed by atoms with Crippen LogP contribution < -0.4 is 0 Å². The molecule has 1 heteroatoms. The van der Waals surface area contributed by atoms with Crippen molar-refractivity contribution in [2.75, 3.05) is 6.61 Å². The maximum atomic E-state index is 9.16. The zero-order chi connectivity index (χ0) is 8.28. The minimum Gasteiger partial charge on any atom is -0.396 e. The highest BCUT2D eigenvalue weighted by molar-refractivity contribution is 5.16. The Labute approximate surface area is 68.8 Å². The van der Waals surface area contributed by atoms with Crippen LogP contribution in [-0.4, -0.2) is 11.7 Å². The fraction of sp³-hybridized carbons (Fsp3) is 1.00. The monoisotopic (exact) mass is 154 g/mol. The molecule has 3 fully saturated rings. The molecule has 64 valence electrons. The third-order valence-corrected chi connectivity index (χ3v) is 4.87. The van der Waals surface area contributed by atoms with Gasteiger partial charge in [-0.05, 0) is 35.5 Å². The second-order valence-corrected chi connectivity index (χ2v) is 5.07. The van der Waals surface area contributed by atoms with Crippen molar-refractivity contribution in [2.45, 2.75) is 33.6 Å². The van der Waals surface area contributed by atoms with Crippen LogP contribution in [-0.2, 0) is 0 Å². The maximum absolute atomic E-state index is 9.16. The number of rotatable bonds is 1. The zero-order valence-corrected chi connectivity index (χ0v) is 7.72. The lowest BCUT2D eigenvalue weighted by molar-refractivity contribution is -0.137. The zero-order valence-electron chi connectivity index (χ0n) is 7.72. The van der Waals surface area contributed by atoms with Crippen LogP contribution in [0.15, 0.2) is 0 Å². The first kappa shape index (κ1) is 7.60. The average molecular weight is 154 g/mol. The molecule has 3 aliphatic rings. The minimum absolute atomic E-state index is 0.407. The Morgan fingerprint density at radius 1 is 1.36 bits per heavy atom. The molecule has 1 nitrogen and oxygen atoms in total. The van der Waals surface area contributed by atoms with Crippen LogP contribution in [0.4, 0.5) is 0 Å². The second-order valence-electron chi connectivity index (χ2n) is 5.07. The molecule has 3 rings (SSSR count). The molecular weight excluding hydrogens is 136 g/mol. The molecule has 2 bridgehead atoms. The largest absolute Gasteiger partial charge is 0.396 e. The van der Waals surface area contributed by atoms with Gasteiger partial charge in [0.2, 0.25) is 0 Å². The van der Waals surface area contributed by atoms with Gasteiger partial charge in [-0.25, -0.2) is 0 Å². The predicted octanol–water partition coefficient (Wildman–Crippen LogP) is 2.05. The van der Waals surface area contributed by atoms with Crippen molar-refractivity contribution in [3.8, 4) is 0 Å². The van der Waals surface area contributed by atoms with Crippen molar-refractivity contribution >= 4 is 0 Å². The smallest absolute Gasteiger partial charge is 0.0467 e. The topological polar surface area (TPSA) is 20.2 Å². The van der Waals surface area contributed by atoms with E-state index >= 15 is 0 Å². The fourth-order valence-electron chi connectivity index (χ4n) is 3.61.